The van der Waals surface area contributed by atoms with Crippen LogP contribution in [0, 0.1) is 32.5 Å². The third-order valence-electron chi connectivity index (χ3n) is 9.12. The minimum atomic E-state index is 0.0654. The third-order valence-corrected chi connectivity index (χ3v) is 9.12. The molecule has 0 heteroatoms. The molecule has 0 aliphatic heterocycles. The van der Waals surface area contributed by atoms with Crippen molar-refractivity contribution in [2.24, 2.45) is 32.5 Å². The average Bonchev–Trinajstić information content (AvgIpc) is 2.99. The van der Waals surface area contributed by atoms with E-state index in [9.17, 15) is 0 Å². The maximum Gasteiger partial charge on any atom is -0.00923 e. The summed E-state index contributed by atoms with van der Waals surface area (Å²) in [4.78, 5) is 0. The lowest BCUT2D eigenvalue weighted by Gasteiger charge is -2.19. The Morgan fingerprint density at radius 1 is 0.222 bits per heavy atom. The number of allylic oxidation sites excluding steroid dienone is 6. The minimum Gasteiger partial charge on any atom is -0.0785 e. The van der Waals surface area contributed by atoms with Crippen molar-refractivity contribution in [2.75, 3.05) is 0 Å². The molecule has 0 amide bonds. The lowest BCUT2D eigenvalue weighted by molar-refractivity contribution is 0.546. The van der Waals surface area contributed by atoms with Gasteiger partial charge in [0.15, 0.2) is 0 Å². The minimum absolute atomic E-state index is 0.0654. The number of benzene rings is 4. The van der Waals surface area contributed by atoms with Gasteiger partial charge in [-0.2, -0.15) is 0 Å². The molecule has 0 aromatic heterocycles. The molecule has 0 N–H and O–H groups in total. The van der Waals surface area contributed by atoms with Crippen molar-refractivity contribution < 1.29 is 0 Å². The van der Waals surface area contributed by atoms with Crippen molar-refractivity contribution >= 4 is 68.8 Å². The Hall–Kier alpha value is -3.90. The van der Waals surface area contributed by atoms with Crippen molar-refractivity contribution in [3.05, 3.63) is 106 Å². The first-order valence-corrected chi connectivity index (χ1v) is 20.2. The second-order valence-corrected chi connectivity index (χ2v) is 22.3. The van der Waals surface area contributed by atoms with Gasteiger partial charge in [-0.3, -0.25) is 0 Å². The summed E-state index contributed by atoms with van der Waals surface area (Å²) in [5, 5.41) is 7.75. The Balaban J connectivity index is 2.35. The number of rotatable bonds is 6. The predicted octanol–water partition coefficient (Wildman–Crippen LogP) is 17.5. The summed E-state index contributed by atoms with van der Waals surface area (Å²) in [5.41, 5.74) is 7.89. The van der Waals surface area contributed by atoms with E-state index in [2.05, 4.69) is 234 Å². The highest BCUT2D eigenvalue weighted by Gasteiger charge is 2.18. The molecule has 0 radical (unpaired) electrons. The van der Waals surface area contributed by atoms with E-state index < -0.39 is 0 Å². The van der Waals surface area contributed by atoms with Gasteiger partial charge in [-0.1, -0.05) is 198 Å². The molecule has 288 valence electrons. The van der Waals surface area contributed by atoms with Gasteiger partial charge < -0.3 is 0 Å². The van der Waals surface area contributed by atoms with Gasteiger partial charge in [-0.05, 0) is 135 Å². The molecule has 0 saturated carbocycles. The quantitative estimate of drug-likeness (QED) is 0.174. The number of hydrogen-bond donors (Lipinski definition) is 0. The van der Waals surface area contributed by atoms with Gasteiger partial charge in [0.05, 0.1) is 0 Å². The summed E-state index contributed by atoms with van der Waals surface area (Å²) in [6.45, 7) is 40.9. The van der Waals surface area contributed by atoms with Gasteiger partial charge in [0.1, 0.15) is 0 Å². The summed E-state index contributed by atoms with van der Waals surface area (Å²) in [5.74, 6) is 0. The molecule has 4 aromatic rings. The van der Waals surface area contributed by atoms with Crippen LogP contribution < -0.4 is 0 Å². The van der Waals surface area contributed by atoms with Crippen LogP contribution in [0.1, 0.15) is 158 Å². The van der Waals surface area contributed by atoms with E-state index in [1.54, 1.807) is 0 Å². The summed E-state index contributed by atoms with van der Waals surface area (Å²) in [6, 6.07) is 14.8. The van der Waals surface area contributed by atoms with E-state index in [0.29, 0.717) is 0 Å². The number of fused-ring (bicyclic) bond motifs is 6. The Kier molecular flexibility index (Phi) is 12.2. The van der Waals surface area contributed by atoms with Crippen LogP contribution in [0.2, 0.25) is 0 Å². The van der Waals surface area contributed by atoms with Crippen LogP contribution in [-0.2, 0) is 0 Å². The molecule has 4 rings (SSSR count). The van der Waals surface area contributed by atoms with Gasteiger partial charge in [0.2, 0.25) is 0 Å². The first kappa shape index (κ1) is 42.8. The molecular formula is C54H72. The molecule has 0 aliphatic rings. The van der Waals surface area contributed by atoms with Crippen LogP contribution in [0.25, 0.3) is 68.8 Å². The molecule has 0 heterocycles. The van der Waals surface area contributed by atoms with Gasteiger partial charge in [-0.15, -0.1) is 0 Å². The smallest absolute Gasteiger partial charge is 0.00923 e. The van der Waals surface area contributed by atoms with E-state index in [-0.39, 0.29) is 32.5 Å². The zero-order valence-corrected chi connectivity index (χ0v) is 37.4. The van der Waals surface area contributed by atoms with Crippen LogP contribution in [0.3, 0.4) is 0 Å². The fourth-order valence-corrected chi connectivity index (χ4v) is 6.14. The first-order chi connectivity index (χ1) is 24.5. The topological polar surface area (TPSA) is 0 Å². The SMILES string of the molecule is CC(C)(C)/C=C/c1cc2c3cc(/C=C/C(C)(C)C)c(/C=C/C(C)(C)C)cc3c3cc(/C=C/C(C)(C)C)c(/C=C/C(C)(C)C)cc3c2cc1/C=C/C(C)(C)C. The van der Waals surface area contributed by atoms with Crippen LogP contribution in [0.4, 0.5) is 0 Å². The van der Waals surface area contributed by atoms with Crippen molar-refractivity contribution in [1.82, 2.24) is 0 Å². The normalized spacial score (nSPS) is 14.8. The molecule has 0 fully saturated rings. The Bertz CT molecular complexity index is 1730. The largest absolute Gasteiger partial charge is 0.0785 e. The van der Waals surface area contributed by atoms with Gasteiger partial charge in [0.25, 0.3) is 0 Å². The molecule has 0 saturated heterocycles. The lowest BCUT2D eigenvalue weighted by atomic mass is 9.85. The first-order valence-electron chi connectivity index (χ1n) is 20.2. The Morgan fingerprint density at radius 2 is 0.333 bits per heavy atom. The maximum atomic E-state index is 2.46. The van der Waals surface area contributed by atoms with Gasteiger partial charge in [0, 0.05) is 0 Å². The van der Waals surface area contributed by atoms with E-state index in [1.165, 1.54) is 65.7 Å². The lowest BCUT2D eigenvalue weighted by Crippen LogP contribution is -2.01. The maximum absolute atomic E-state index is 2.46. The molecule has 0 bridgehead atoms. The standard InChI is InChI=1S/C54H72/c1-49(2,3)25-19-37-31-43-44(32-38(37)20-26-50(4,5)6)46-34-40(22-28-52(10,11)12)42(24-30-54(16,17)18)36-48(46)47-35-41(23-29-53(13,14)15)39(33-45(43)47)21-27-51(7,8)9/h19-36H,1-18H3/b25-19+,26-20+,27-21+,28-22+,29-23+,30-24+. The Morgan fingerprint density at radius 3 is 0.426 bits per heavy atom. The number of hydrogen-bond acceptors (Lipinski definition) is 0. The Labute approximate surface area is 330 Å². The van der Waals surface area contributed by atoms with Crippen molar-refractivity contribution in [3.8, 4) is 0 Å². The molecule has 0 spiro atoms. The molecule has 0 unspecified atom stereocenters. The van der Waals surface area contributed by atoms with Crippen LogP contribution in [-0.4, -0.2) is 0 Å². The highest BCUT2D eigenvalue weighted by molar-refractivity contribution is 6.27. The molecule has 0 aliphatic carbocycles. The fraction of sp³-hybridized carbons (Fsp3) is 0.444. The molecule has 4 aromatic carbocycles. The van der Waals surface area contributed by atoms with E-state index in [4.69, 9.17) is 0 Å². The van der Waals surface area contributed by atoms with Crippen LogP contribution in [0.15, 0.2) is 72.9 Å². The van der Waals surface area contributed by atoms with E-state index in [1.807, 2.05) is 0 Å². The molecule has 0 nitrogen and oxygen atoms in total. The van der Waals surface area contributed by atoms with Gasteiger partial charge in [-0.25, -0.2) is 0 Å². The summed E-state index contributed by atoms with van der Waals surface area (Å²) >= 11 is 0. The van der Waals surface area contributed by atoms with Crippen molar-refractivity contribution in [3.63, 3.8) is 0 Å². The second-order valence-electron chi connectivity index (χ2n) is 22.3. The molecule has 54 heavy (non-hydrogen) atoms. The van der Waals surface area contributed by atoms with Crippen LogP contribution >= 0.6 is 0 Å². The predicted molar refractivity (Wildman–Crippen MR) is 250 cm³/mol. The van der Waals surface area contributed by atoms with Crippen molar-refractivity contribution in [1.29, 1.82) is 0 Å². The average molecular weight is 721 g/mol. The highest BCUT2D eigenvalue weighted by atomic mass is 14.2. The summed E-state index contributed by atoms with van der Waals surface area (Å²) in [6.07, 6.45) is 28.2. The zero-order valence-electron chi connectivity index (χ0n) is 37.4. The molecule has 0 atom stereocenters. The second kappa shape index (κ2) is 15.3. The monoisotopic (exact) mass is 721 g/mol. The van der Waals surface area contributed by atoms with E-state index in [0.717, 1.165) is 0 Å². The summed E-state index contributed by atoms with van der Waals surface area (Å²) < 4.78 is 0. The van der Waals surface area contributed by atoms with E-state index >= 15 is 0 Å². The zero-order chi connectivity index (χ0) is 40.7. The van der Waals surface area contributed by atoms with Gasteiger partial charge >= 0.3 is 0 Å². The molecular weight excluding hydrogens is 649 g/mol. The van der Waals surface area contributed by atoms with Crippen molar-refractivity contribution in [2.45, 2.75) is 125 Å². The fourth-order valence-electron chi connectivity index (χ4n) is 6.14. The van der Waals surface area contributed by atoms with Crippen LogP contribution in [0.5, 0.6) is 0 Å². The highest BCUT2D eigenvalue weighted by Crippen LogP contribution is 2.42. The summed E-state index contributed by atoms with van der Waals surface area (Å²) in [7, 11) is 0. The third kappa shape index (κ3) is 12.6.